The van der Waals surface area contributed by atoms with Crippen LogP contribution in [0.15, 0.2) is 0 Å². The van der Waals surface area contributed by atoms with E-state index in [-0.39, 0.29) is 9.42 Å². The lowest BCUT2D eigenvalue weighted by Gasteiger charge is -2.11. The molecule has 0 aliphatic carbocycles. The molecule has 2 aromatic rings. The number of hydrogen-bond donors (Lipinski definition) is 0. The van der Waals surface area contributed by atoms with E-state index in [9.17, 15) is 49.2 Å². The van der Waals surface area contributed by atoms with Crippen molar-refractivity contribution in [2.75, 3.05) is 0 Å². The van der Waals surface area contributed by atoms with Gasteiger partial charge in [0.1, 0.15) is 19.7 Å². The third-order valence-corrected chi connectivity index (χ3v) is 2.60. The second-order valence-corrected chi connectivity index (χ2v) is 4.19. The SMILES string of the molecule is O=[N+]([O-])C(F)(c1nnn([B-]n2nnc(C(F)([N+](=O)[O-])[N+](=O)[O-])n2)n1)[N+](=O)[O-]. The second kappa shape index (κ2) is 6.19. The van der Waals surface area contributed by atoms with E-state index in [4.69, 9.17) is 0 Å². The summed E-state index contributed by atoms with van der Waals surface area (Å²) in [6.45, 7) is 0. The van der Waals surface area contributed by atoms with Crippen LogP contribution in [-0.2, 0) is 11.8 Å². The van der Waals surface area contributed by atoms with Gasteiger partial charge < -0.3 is 9.42 Å². The Labute approximate surface area is 141 Å². The van der Waals surface area contributed by atoms with Crippen molar-refractivity contribution in [3.05, 3.63) is 52.1 Å². The van der Waals surface area contributed by atoms with Crippen molar-refractivity contribution in [3.8, 4) is 0 Å². The average Bonchev–Trinajstić information content (AvgIpc) is 3.22. The molecule has 0 spiro atoms. The van der Waals surface area contributed by atoms with Crippen molar-refractivity contribution < 1.29 is 28.5 Å². The number of rotatable bonds is 8. The molecule has 0 bridgehead atoms. The highest BCUT2D eigenvalue weighted by Gasteiger charge is 2.65. The maximum atomic E-state index is 13.8. The predicted molar refractivity (Wildman–Crippen MR) is 65.7 cm³/mol. The highest BCUT2D eigenvalue weighted by molar-refractivity contribution is 6.29. The van der Waals surface area contributed by atoms with E-state index < -0.39 is 43.2 Å². The van der Waals surface area contributed by atoms with Crippen molar-refractivity contribution in [1.29, 1.82) is 0 Å². The molecule has 23 heteroatoms. The first-order chi connectivity index (χ1) is 12.4. The molecule has 27 heavy (non-hydrogen) atoms. The summed E-state index contributed by atoms with van der Waals surface area (Å²) in [5.74, 6) is -12.1. The largest absolute Gasteiger partial charge is 0.681 e. The molecule has 0 N–H and O–H groups in total. The van der Waals surface area contributed by atoms with Gasteiger partial charge in [-0.2, -0.15) is 10.2 Å². The summed E-state index contributed by atoms with van der Waals surface area (Å²) < 4.78 is 27.9. The topological polar surface area (TPSA) is 260 Å². The van der Waals surface area contributed by atoms with Crippen molar-refractivity contribution >= 4 is 7.55 Å². The van der Waals surface area contributed by atoms with E-state index in [1.54, 1.807) is 0 Å². The lowest BCUT2D eigenvalue weighted by molar-refractivity contribution is -0.847. The standard InChI is InChI=1S/C4BF2N12O8/c6-3(14(20)21,15(22)23)1-8-12-18(10-1)5-19-11-2(9-13-19)4(7,16(24)25)17(26)27/q-1. The molecule has 2 heterocycles. The Hall–Kier alpha value is -4.34. The molecule has 2 aromatic heterocycles. The van der Waals surface area contributed by atoms with Gasteiger partial charge in [-0.3, -0.25) is 40.5 Å². The fourth-order valence-electron chi connectivity index (χ4n) is 1.36. The van der Waals surface area contributed by atoms with E-state index in [0.29, 0.717) is 7.55 Å². The number of nitro groups is 4. The first-order valence-corrected chi connectivity index (χ1v) is 5.84. The van der Waals surface area contributed by atoms with Crippen LogP contribution in [0.5, 0.6) is 0 Å². The summed E-state index contributed by atoms with van der Waals surface area (Å²) in [7, 11) is 0.383. The first kappa shape index (κ1) is 19.0. The van der Waals surface area contributed by atoms with E-state index in [1.165, 1.54) is 0 Å². The summed E-state index contributed by atoms with van der Waals surface area (Å²) in [5, 5.41) is 59.4. The number of nitrogens with zero attached hydrogens (tertiary/aromatic N) is 12. The van der Waals surface area contributed by atoms with Gasteiger partial charge in [0.25, 0.3) is 0 Å². The molecule has 0 saturated carbocycles. The van der Waals surface area contributed by atoms with E-state index in [1.807, 2.05) is 0 Å². The maximum Gasteiger partial charge on any atom is 0.681 e. The molecule has 142 valence electrons. The van der Waals surface area contributed by atoms with Crippen LogP contribution >= 0.6 is 0 Å². The molecule has 2 rings (SSSR count). The lowest BCUT2D eigenvalue weighted by atomic mass is 10.2. The maximum absolute atomic E-state index is 13.8. The van der Waals surface area contributed by atoms with Gasteiger partial charge in [-0.25, -0.2) is 0 Å². The minimum Gasteiger partial charge on any atom is -0.386 e. The zero-order valence-electron chi connectivity index (χ0n) is 12.0. The average molecular weight is 393 g/mol. The van der Waals surface area contributed by atoms with Crippen LogP contribution in [0.1, 0.15) is 11.6 Å². The molecule has 20 nitrogen and oxygen atoms in total. The summed E-state index contributed by atoms with van der Waals surface area (Å²) in [6.07, 6.45) is 0. The van der Waals surface area contributed by atoms with Crippen molar-refractivity contribution in [2.24, 2.45) is 0 Å². The van der Waals surface area contributed by atoms with Crippen LogP contribution in [0.2, 0.25) is 0 Å². The van der Waals surface area contributed by atoms with E-state index in [0.717, 1.165) is 0 Å². The van der Waals surface area contributed by atoms with Crippen LogP contribution in [0.3, 0.4) is 0 Å². The van der Waals surface area contributed by atoms with Crippen molar-refractivity contribution in [2.45, 2.75) is 11.8 Å². The Balaban J connectivity index is 2.31. The van der Waals surface area contributed by atoms with Gasteiger partial charge in [0.05, 0.1) is 7.55 Å². The second-order valence-electron chi connectivity index (χ2n) is 4.19. The van der Waals surface area contributed by atoms with Crippen LogP contribution in [0.4, 0.5) is 8.78 Å². The van der Waals surface area contributed by atoms with Crippen molar-refractivity contribution in [3.63, 3.8) is 0 Å². The van der Waals surface area contributed by atoms with E-state index >= 15 is 0 Å². The number of hydrogen-bond acceptors (Lipinski definition) is 14. The Morgan fingerprint density at radius 3 is 1.30 bits per heavy atom. The molecule has 0 saturated heterocycles. The predicted octanol–water partition coefficient (Wildman–Crippen LogP) is -3.14. The van der Waals surface area contributed by atoms with Gasteiger partial charge in [0.2, 0.25) is 0 Å². The molecule has 2 radical (unpaired) electrons. The third kappa shape index (κ3) is 2.91. The van der Waals surface area contributed by atoms with Gasteiger partial charge in [-0.15, -0.1) is 0 Å². The fraction of sp³-hybridized carbons (Fsp3) is 0.500. The quantitative estimate of drug-likeness (QED) is 0.141. The third-order valence-electron chi connectivity index (χ3n) is 2.60. The van der Waals surface area contributed by atoms with Crippen LogP contribution in [0.25, 0.3) is 0 Å². The molecule has 0 atom stereocenters. The molecule has 0 aliphatic rings. The summed E-state index contributed by atoms with van der Waals surface area (Å²) >= 11 is 0. The van der Waals surface area contributed by atoms with Gasteiger partial charge in [-0.1, -0.05) is 29.4 Å². The Kier molecular flexibility index (Phi) is 4.35. The fourth-order valence-corrected chi connectivity index (χ4v) is 1.36. The Morgan fingerprint density at radius 1 is 0.741 bits per heavy atom. The molecular formula is C4BF2N12O8-. The normalized spacial score (nSPS) is 11.9. The zero-order valence-corrected chi connectivity index (χ0v) is 12.0. The summed E-state index contributed by atoms with van der Waals surface area (Å²) in [6, 6.07) is 0. The number of halogens is 2. The Morgan fingerprint density at radius 2 is 1.04 bits per heavy atom. The van der Waals surface area contributed by atoms with Gasteiger partial charge in [-0.05, 0) is 0 Å². The lowest BCUT2D eigenvalue weighted by Crippen LogP contribution is -2.40. The minimum atomic E-state index is -4.45. The highest BCUT2D eigenvalue weighted by Crippen LogP contribution is 2.24. The van der Waals surface area contributed by atoms with Gasteiger partial charge in [0, 0.05) is 0 Å². The number of alkyl halides is 2. The molecule has 0 amide bonds. The molecular weight excluding hydrogens is 393 g/mol. The Bertz CT molecular complexity index is 839. The highest BCUT2D eigenvalue weighted by atomic mass is 19.2. The molecule has 0 aliphatic heterocycles. The van der Waals surface area contributed by atoms with Gasteiger partial charge in [0.15, 0.2) is 0 Å². The summed E-state index contributed by atoms with van der Waals surface area (Å²) in [4.78, 5) is 34.3. The first-order valence-electron chi connectivity index (χ1n) is 5.84. The van der Waals surface area contributed by atoms with Crippen LogP contribution in [-0.4, -0.2) is 67.5 Å². The molecule has 0 fully saturated rings. The number of tetrazole rings is 2. The van der Waals surface area contributed by atoms with Crippen LogP contribution < -0.4 is 0 Å². The summed E-state index contributed by atoms with van der Waals surface area (Å²) in [5.41, 5.74) is 0. The molecule has 0 aromatic carbocycles. The molecule has 0 unspecified atom stereocenters. The van der Waals surface area contributed by atoms with Crippen molar-refractivity contribution in [1.82, 2.24) is 40.2 Å². The van der Waals surface area contributed by atoms with Gasteiger partial charge >= 0.3 is 23.5 Å². The van der Waals surface area contributed by atoms with E-state index in [2.05, 4.69) is 30.8 Å². The number of aromatic nitrogens is 8. The smallest absolute Gasteiger partial charge is 0.386 e. The monoisotopic (exact) mass is 393 g/mol. The zero-order chi connectivity index (χ0) is 20.6. The van der Waals surface area contributed by atoms with Crippen LogP contribution in [0, 0.1) is 40.5 Å². The minimum absolute atomic E-state index is 0.111.